The molecule has 0 aliphatic heterocycles. The Bertz CT molecular complexity index is 390. The van der Waals surface area contributed by atoms with E-state index in [1.54, 1.807) is 6.07 Å². The van der Waals surface area contributed by atoms with Gasteiger partial charge in [0.2, 0.25) is 0 Å². The van der Waals surface area contributed by atoms with Crippen molar-refractivity contribution in [1.82, 2.24) is 0 Å². The molecule has 0 saturated heterocycles. The van der Waals surface area contributed by atoms with E-state index in [0.717, 1.165) is 25.7 Å². The Hall–Kier alpha value is -1.22. The predicted molar refractivity (Wildman–Crippen MR) is 86.7 cm³/mol. The molecule has 0 aliphatic carbocycles. The molecule has 21 heavy (non-hydrogen) atoms. The topological polar surface area (TPSA) is 49.7 Å². The molecule has 1 rings (SSSR count). The number of unbranched alkanes of at least 4 members (excludes halogenated alkanes) is 5. The van der Waals surface area contributed by atoms with E-state index in [-0.39, 0.29) is 17.6 Å². The number of rotatable bonds is 11. The molecule has 0 radical (unpaired) electrons. The molecule has 2 N–H and O–H groups in total. The summed E-state index contributed by atoms with van der Waals surface area (Å²) in [5, 5.41) is 19.7. The smallest absolute Gasteiger partial charge is 0.163 e. The Morgan fingerprint density at radius 3 is 2.38 bits per heavy atom. The number of phenolic OH excluding ortho intramolecular Hbond substituents is 2. The van der Waals surface area contributed by atoms with Crippen molar-refractivity contribution < 1.29 is 14.9 Å². The largest absolute Gasteiger partial charge is 0.504 e. The molecule has 120 valence electrons. The van der Waals surface area contributed by atoms with Crippen molar-refractivity contribution in [3.05, 3.63) is 23.8 Å². The third kappa shape index (κ3) is 6.38. The summed E-state index contributed by atoms with van der Waals surface area (Å²) >= 11 is 0. The van der Waals surface area contributed by atoms with Crippen LogP contribution < -0.4 is 0 Å². The molecule has 3 nitrogen and oxygen atoms in total. The Labute approximate surface area is 129 Å². The average Bonchev–Trinajstić information content (AvgIpc) is 2.48. The monoisotopic (exact) mass is 294 g/mol. The third-order valence-corrected chi connectivity index (χ3v) is 3.78. The second-order valence-electron chi connectivity index (χ2n) is 5.63. The lowest BCUT2D eigenvalue weighted by Gasteiger charge is -2.20. The van der Waals surface area contributed by atoms with Gasteiger partial charge in [-0.25, -0.2) is 0 Å². The lowest BCUT2D eigenvalue weighted by atomic mass is 10.0. The molecule has 1 aromatic carbocycles. The van der Waals surface area contributed by atoms with Crippen LogP contribution in [-0.4, -0.2) is 16.8 Å². The summed E-state index contributed by atoms with van der Waals surface area (Å²) in [6.07, 6.45) is 8.94. The normalized spacial score (nSPS) is 12.5. The number of hydrogen-bond donors (Lipinski definition) is 2. The lowest BCUT2D eigenvalue weighted by Crippen LogP contribution is -2.06. The van der Waals surface area contributed by atoms with Crippen molar-refractivity contribution in [3.8, 4) is 11.5 Å². The van der Waals surface area contributed by atoms with Crippen molar-refractivity contribution >= 4 is 0 Å². The van der Waals surface area contributed by atoms with E-state index in [0.29, 0.717) is 12.2 Å². The highest BCUT2D eigenvalue weighted by Crippen LogP contribution is 2.36. The van der Waals surface area contributed by atoms with Crippen LogP contribution in [-0.2, 0) is 4.74 Å². The van der Waals surface area contributed by atoms with Crippen LogP contribution in [0, 0.1) is 0 Å². The molecule has 0 saturated carbocycles. The van der Waals surface area contributed by atoms with Gasteiger partial charge in [-0.15, -0.1) is 0 Å². The molecule has 0 fully saturated rings. The van der Waals surface area contributed by atoms with E-state index < -0.39 is 0 Å². The Balaban J connectivity index is 2.60. The second kappa shape index (κ2) is 10.5. The molecule has 0 aromatic heterocycles. The van der Waals surface area contributed by atoms with Crippen LogP contribution >= 0.6 is 0 Å². The van der Waals surface area contributed by atoms with Gasteiger partial charge in [0, 0.05) is 12.2 Å². The van der Waals surface area contributed by atoms with E-state index in [9.17, 15) is 10.2 Å². The number of ether oxygens (including phenoxy) is 1. The van der Waals surface area contributed by atoms with Crippen LogP contribution in [0.25, 0.3) is 0 Å². The van der Waals surface area contributed by atoms with Gasteiger partial charge in [0.05, 0.1) is 6.10 Å². The van der Waals surface area contributed by atoms with Gasteiger partial charge in [0.1, 0.15) is 0 Å². The quantitative estimate of drug-likeness (QED) is 0.429. The minimum Gasteiger partial charge on any atom is -0.504 e. The molecule has 0 bridgehead atoms. The zero-order chi connectivity index (χ0) is 15.5. The SMILES string of the molecule is CCCCCCCC(OCCCC)c1cccc(O)c1O. The first-order chi connectivity index (χ1) is 10.2. The van der Waals surface area contributed by atoms with Gasteiger partial charge in [0.15, 0.2) is 11.5 Å². The molecule has 0 aliphatic rings. The first-order valence-corrected chi connectivity index (χ1v) is 8.33. The van der Waals surface area contributed by atoms with Crippen LogP contribution in [0.5, 0.6) is 11.5 Å². The first kappa shape index (κ1) is 17.8. The molecule has 0 amide bonds. The molecule has 0 spiro atoms. The maximum Gasteiger partial charge on any atom is 0.163 e. The van der Waals surface area contributed by atoms with E-state index in [2.05, 4.69) is 13.8 Å². The maximum absolute atomic E-state index is 10.0. The van der Waals surface area contributed by atoms with Gasteiger partial charge in [-0.2, -0.15) is 0 Å². The van der Waals surface area contributed by atoms with Crippen LogP contribution in [0.3, 0.4) is 0 Å². The van der Waals surface area contributed by atoms with E-state index in [4.69, 9.17) is 4.74 Å². The molecule has 0 heterocycles. The van der Waals surface area contributed by atoms with Gasteiger partial charge < -0.3 is 14.9 Å². The van der Waals surface area contributed by atoms with Crippen LogP contribution in [0.2, 0.25) is 0 Å². The van der Waals surface area contributed by atoms with E-state index in [1.165, 1.54) is 31.7 Å². The summed E-state index contributed by atoms with van der Waals surface area (Å²) in [5.41, 5.74) is 0.710. The molecular weight excluding hydrogens is 264 g/mol. The fourth-order valence-corrected chi connectivity index (χ4v) is 2.44. The zero-order valence-electron chi connectivity index (χ0n) is 13.5. The van der Waals surface area contributed by atoms with E-state index >= 15 is 0 Å². The summed E-state index contributed by atoms with van der Waals surface area (Å²) in [6.45, 7) is 5.04. The van der Waals surface area contributed by atoms with Crippen molar-refractivity contribution in [2.45, 2.75) is 71.3 Å². The van der Waals surface area contributed by atoms with Crippen LogP contribution in [0.1, 0.15) is 76.9 Å². The number of aromatic hydroxyl groups is 2. The van der Waals surface area contributed by atoms with Gasteiger partial charge in [-0.1, -0.05) is 64.5 Å². The van der Waals surface area contributed by atoms with Gasteiger partial charge in [0.25, 0.3) is 0 Å². The van der Waals surface area contributed by atoms with Crippen molar-refractivity contribution in [3.63, 3.8) is 0 Å². The number of para-hydroxylation sites is 1. The van der Waals surface area contributed by atoms with Gasteiger partial charge >= 0.3 is 0 Å². The minimum atomic E-state index is -0.120. The fraction of sp³-hybridized carbons (Fsp3) is 0.667. The summed E-state index contributed by atoms with van der Waals surface area (Å²) < 4.78 is 5.94. The van der Waals surface area contributed by atoms with Crippen LogP contribution in [0.15, 0.2) is 18.2 Å². The second-order valence-corrected chi connectivity index (χ2v) is 5.63. The summed E-state index contributed by atoms with van der Waals surface area (Å²) in [6, 6.07) is 5.11. The highest BCUT2D eigenvalue weighted by molar-refractivity contribution is 5.45. The summed E-state index contributed by atoms with van der Waals surface area (Å²) in [4.78, 5) is 0. The molecule has 1 aromatic rings. The maximum atomic E-state index is 10.0. The molecular formula is C18H30O3. The highest BCUT2D eigenvalue weighted by Gasteiger charge is 2.17. The lowest BCUT2D eigenvalue weighted by molar-refractivity contribution is 0.0411. The zero-order valence-corrected chi connectivity index (χ0v) is 13.5. The Morgan fingerprint density at radius 1 is 0.952 bits per heavy atom. The predicted octanol–water partition coefficient (Wildman–Crippen LogP) is 5.32. The fourth-order valence-electron chi connectivity index (χ4n) is 2.44. The Kier molecular flexibility index (Phi) is 8.91. The van der Waals surface area contributed by atoms with Crippen LogP contribution in [0.4, 0.5) is 0 Å². The molecule has 1 unspecified atom stereocenters. The highest BCUT2D eigenvalue weighted by atomic mass is 16.5. The van der Waals surface area contributed by atoms with Crippen molar-refractivity contribution in [1.29, 1.82) is 0 Å². The summed E-state index contributed by atoms with van der Waals surface area (Å²) in [5.74, 6) is -0.102. The van der Waals surface area contributed by atoms with Gasteiger partial charge in [-0.3, -0.25) is 0 Å². The number of benzene rings is 1. The summed E-state index contributed by atoms with van der Waals surface area (Å²) in [7, 11) is 0. The molecule has 3 heteroatoms. The molecule has 1 atom stereocenters. The van der Waals surface area contributed by atoms with Gasteiger partial charge in [-0.05, 0) is 18.9 Å². The standard InChI is InChI=1S/C18H30O3/c1-3-5-7-8-9-13-17(21-14-6-4-2)15-11-10-12-16(19)18(15)20/h10-12,17,19-20H,3-9,13-14H2,1-2H3. The third-order valence-electron chi connectivity index (χ3n) is 3.78. The van der Waals surface area contributed by atoms with Crippen molar-refractivity contribution in [2.75, 3.05) is 6.61 Å². The first-order valence-electron chi connectivity index (χ1n) is 8.33. The van der Waals surface area contributed by atoms with Crippen molar-refractivity contribution in [2.24, 2.45) is 0 Å². The van der Waals surface area contributed by atoms with E-state index in [1.807, 2.05) is 6.07 Å². The number of hydrogen-bond acceptors (Lipinski definition) is 3. The minimum absolute atomic E-state index is 0.0347. The average molecular weight is 294 g/mol. The Morgan fingerprint density at radius 2 is 1.67 bits per heavy atom. The number of phenols is 2.